The summed E-state index contributed by atoms with van der Waals surface area (Å²) in [7, 11) is 2.01. The molecule has 0 spiro atoms. The van der Waals surface area contributed by atoms with Gasteiger partial charge < -0.3 is 14.9 Å². The molecule has 1 unspecified atom stereocenters. The van der Waals surface area contributed by atoms with E-state index in [1.807, 2.05) is 19.3 Å². The van der Waals surface area contributed by atoms with Gasteiger partial charge >= 0.3 is 6.09 Å². The smallest absolute Gasteiger partial charge is 0.407 e. The molecule has 5 nitrogen and oxygen atoms in total. The molecule has 1 saturated heterocycles. The highest BCUT2D eigenvalue weighted by Gasteiger charge is 2.28. The number of nitrogens with zero attached hydrogens (tertiary/aromatic N) is 3. The molecule has 0 aliphatic carbocycles. The summed E-state index contributed by atoms with van der Waals surface area (Å²) in [5.41, 5.74) is 3.23. The summed E-state index contributed by atoms with van der Waals surface area (Å²) in [5, 5.41) is 10.2. The minimum Gasteiger partial charge on any atom is -0.465 e. The lowest BCUT2D eigenvalue weighted by molar-refractivity contribution is 0.155. The van der Waals surface area contributed by atoms with Crippen LogP contribution in [0.2, 0.25) is 0 Å². The molecule has 1 atom stereocenters. The van der Waals surface area contributed by atoms with Gasteiger partial charge in [0.05, 0.1) is 17.4 Å². The number of aromatic nitrogens is 1. The van der Waals surface area contributed by atoms with Crippen LogP contribution < -0.4 is 4.90 Å². The molecule has 1 N–H and O–H groups in total. The number of likely N-dealkylation sites (tertiary alicyclic amines) is 1. The molecule has 2 aromatic rings. The lowest BCUT2D eigenvalue weighted by atomic mass is 10.1. The van der Waals surface area contributed by atoms with Crippen molar-refractivity contribution >= 4 is 22.7 Å². The van der Waals surface area contributed by atoms with Crippen LogP contribution in [-0.4, -0.2) is 47.3 Å². The maximum atomic E-state index is 11.0. The Morgan fingerprint density at radius 2 is 2.24 bits per heavy atom. The molecule has 1 aromatic carbocycles. The van der Waals surface area contributed by atoms with Crippen molar-refractivity contribution < 1.29 is 9.90 Å². The Balaban J connectivity index is 1.84. The minimum atomic E-state index is -0.835. The maximum absolute atomic E-state index is 11.0. The standard InChI is InChI=1S/C16H19N3O2/c1-11-3-4-15-12(7-11)8-14(9-17-15)18(2)13-5-6-19(10-13)16(20)21/h3-4,7-9,13H,5-6,10H2,1-2H3,(H,20,21). The molecule has 0 bridgehead atoms. The van der Waals surface area contributed by atoms with Crippen molar-refractivity contribution in [1.29, 1.82) is 0 Å². The molecule has 21 heavy (non-hydrogen) atoms. The first-order chi connectivity index (χ1) is 10.0. The summed E-state index contributed by atoms with van der Waals surface area (Å²) >= 11 is 0. The molecule has 1 aliphatic heterocycles. The summed E-state index contributed by atoms with van der Waals surface area (Å²) in [6.07, 6.45) is 1.88. The van der Waals surface area contributed by atoms with Gasteiger partial charge in [0.1, 0.15) is 0 Å². The van der Waals surface area contributed by atoms with Crippen LogP contribution in [0.25, 0.3) is 10.9 Å². The van der Waals surface area contributed by atoms with Crippen LogP contribution >= 0.6 is 0 Å². The van der Waals surface area contributed by atoms with E-state index in [-0.39, 0.29) is 6.04 Å². The van der Waals surface area contributed by atoms with E-state index in [1.54, 1.807) is 0 Å². The fourth-order valence-corrected chi connectivity index (χ4v) is 2.87. The van der Waals surface area contributed by atoms with Gasteiger partial charge in [0, 0.05) is 31.6 Å². The minimum absolute atomic E-state index is 0.213. The van der Waals surface area contributed by atoms with Crippen LogP contribution in [-0.2, 0) is 0 Å². The Morgan fingerprint density at radius 3 is 2.95 bits per heavy atom. The van der Waals surface area contributed by atoms with E-state index in [2.05, 4.69) is 35.0 Å². The molecule has 110 valence electrons. The zero-order valence-electron chi connectivity index (χ0n) is 12.3. The van der Waals surface area contributed by atoms with Gasteiger partial charge in [-0.15, -0.1) is 0 Å². The number of fused-ring (bicyclic) bond motifs is 1. The Bertz CT molecular complexity index is 686. The Morgan fingerprint density at radius 1 is 1.43 bits per heavy atom. The van der Waals surface area contributed by atoms with E-state index in [0.717, 1.165) is 23.0 Å². The van der Waals surface area contributed by atoms with Crippen LogP contribution in [0.15, 0.2) is 30.5 Å². The first-order valence-corrected chi connectivity index (χ1v) is 7.12. The van der Waals surface area contributed by atoms with E-state index >= 15 is 0 Å². The number of amides is 1. The summed E-state index contributed by atoms with van der Waals surface area (Å²) in [6, 6.07) is 8.54. The summed E-state index contributed by atoms with van der Waals surface area (Å²) < 4.78 is 0. The van der Waals surface area contributed by atoms with Crippen molar-refractivity contribution in [1.82, 2.24) is 9.88 Å². The van der Waals surface area contributed by atoms with Gasteiger partial charge in [0.15, 0.2) is 0 Å². The Kier molecular flexibility index (Phi) is 3.41. The third-order valence-electron chi connectivity index (χ3n) is 4.21. The van der Waals surface area contributed by atoms with Gasteiger partial charge in [0.2, 0.25) is 0 Å². The van der Waals surface area contributed by atoms with Crippen LogP contribution in [0, 0.1) is 6.92 Å². The number of hydrogen-bond donors (Lipinski definition) is 1. The van der Waals surface area contributed by atoms with Crippen LogP contribution in [0.5, 0.6) is 0 Å². The van der Waals surface area contributed by atoms with Crippen molar-refractivity contribution in [2.75, 3.05) is 25.0 Å². The van der Waals surface area contributed by atoms with E-state index in [0.29, 0.717) is 13.1 Å². The molecule has 1 amide bonds. The fourth-order valence-electron chi connectivity index (χ4n) is 2.87. The predicted molar refractivity (Wildman–Crippen MR) is 82.9 cm³/mol. The topological polar surface area (TPSA) is 56.7 Å². The molecule has 2 heterocycles. The zero-order chi connectivity index (χ0) is 15.0. The largest absolute Gasteiger partial charge is 0.465 e. The third-order valence-corrected chi connectivity index (χ3v) is 4.21. The number of rotatable bonds is 2. The highest BCUT2D eigenvalue weighted by atomic mass is 16.4. The molecule has 0 saturated carbocycles. The third kappa shape index (κ3) is 2.63. The monoisotopic (exact) mass is 285 g/mol. The first-order valence-electron chi connectivity index (χ1n) is 7.12. The van der Waals surface area contributed by atoms with Crippen molar-refractivity contribution in [2.45, 2.75) is 19.4 Å². The van der Waals surface area contributed by atoms with Gasteiger partial charge in [-0.3, -0.25) is 4.98 Å². The van der Waals surface area contributed by atoms with Crippen molar-refractivity contribution in [3.8, 4) is 0 Å². The number of carbonyl (C=O) groups is 1. The normalized spacial score (nSPS) is 18.2. The summed E-state index contributed by atoms with van der Waals surface area (Å²) in [6.45, 7) is 3.22. The molecule has 5 heteroatoms. The quantitative estimate of drug-likeness (QED) is 0.921. The molecular weight excluding hydrogens is 266 g/mol. The second-order valence-electron chi connectivity index (χ2n) is 5.67. The highest BCUT2D eigenvalue weighted by molar-refractivity contribution is 5.82. The van der Waals surface area contributed by atoms with E-state index in [9.17, 15) is 4.79 Å². The van der Waals surface area contributed by atoms with E-state index < -0.39 is 6.09 Å². The van der Waals surface area contributed by atoms with Crippen LogP contribution in [0.3, 0.4) is 0 Å². The van der Waals surface area contributed by atoms with E-state index in [1.165, 1.54) is 10.5 Å². The molecular formula is C16H19N3O2. The lowest BCUT2D eigenvalue weighted by Crippen LogP contribution is -2.36. The Labute approximate surface area is 123 Å². The molecule has 0 radical (unpaired) electrons. The second kappa shape index (κ2) is 5.24. The summed E-state index contributed by atoms with van der Waals surface area (Å²) in [5.74, 6) is 0. The first kappa shape index (κ1) is 13.7. The van der Waals surface area contributed by atoms with Gasteiger partial charge in [-0.2, -0.15) is 0 Å². The average molecular weight is 285 g/mol. The number of benzene rings is 1. The van der Waals surface area contributed by atoms with Crippen LogP contribution in [0.4, 0.5) is 10.5 Å². The number of carboxylic acid groups (broad SMARTS) is 1. The number of aryl methyl sites for hydroxylation is 1. The molecule has 1 aliphatic rings. The van der Waals surface area contributed by atoms with Gasteiger partial charge in [0.25, 0.3) is 0 Å². The van der Waals surface area contributed by atoms with Gasteiger partial charge in [-0.1, -0.05) is 11.6 Å². The zero-order valence-corrected chi connectivity index (χ0v) is 12.3. The van der Waals surface area contributed by atoms with Crippen molar-refractivity contribution in [3.63, 3.8) is 0 Å². The van der Waals surface area contributed by atoms with Gasteiger partial charge in [-0.05, 0) is 31.5 Å². The predicted octanol–water partition coefficient (Wildman–Crippen LogP) is 2.73. The van der Waals surface area contributed by atoms with Gasteiger partial charge in [-0.25, -0.2) is 4.79 Å². The SMILES string of the molecule is Cc1ccc2ncc(N(C)C3CCN(C(=O)O)C3)cc2c1. The van der Waals surface area contributed by atoms with Crippen LogP contribution in [0.1, 0.15) is 12.0 Å². The lowest BCUT2D eigenvalue weighted by Gasteiger charge is -2.26. The second-order valence-corrected chi connectivity index (χ2v) is 5.67. The number of hydrogen-bond acceptors (Lipinski definition) is 3. The summed E-state index contributed by atoms with van der Waals surface area (Å²) in [4.78, 5) is 19.1. The maximum Gasteiger partial charge on any atom is 0.407 e. The van der Waals surface area contributed by atoms with Crippen molar-refractivity contribution in [3.05, 3.63) is 36.0 Å². The molecule has 1 fully saturated rings. The number of pyridine rings is 1. The molecule has 1 aromatic heterocycles. The van der Waals surface area contributed by atoms with E-state index in [4.69, 9.17) is 5.11 Å². The average Bonchev–Trinajstić information content (AvgIpc) is 2.95. The highest BCUT2D eigenvalue weighted by Crippen LogP contribution is 2.24. The van der Waals surface area contributed by atoms with Crippen molar-refractivity contribution in [2.24, 2.45) is 0 Å². The fraction of sp³-hybridized carbons (Fsp3) is 0.375. The molecule has 3 rings (SSSR count). The number of likely N-dealkylation sites (N-methyl/N-ethyl adjacent to an activating group) is 1. The number of anilines is 1. The Hall–Kier alpha value is -2.30.